The van der Waals surface area contributed by atoms with E-state index >= 15 is 0 Å². The second-order valence-electron chi connectivity index (χ2n) is 5.96. The number of amides is 2. The van der Waals surface area contributed by atoms with Crippen LogP contribution in [-0.2, 0) is 9.59 Å². The lowest BCUT2D eigenvalue weighted by atomic mass is 10.0. The lowest BCUT2D eigenvalue weighted by Gasteiger charge is -2.33. The van der Waals surface area contributed by atoms with Crippen molar-refractivity contribution < 1.29 is 9.59 Å². The third-order valence-electron chi connectivity index (χ3n) is 4.21. The maximum Gasteiger partial charge on any atom is 0.290 e. The van der Waals surface area contributed by atoms with Gasteiger partial charge in [0.15, 0.2) is 5.82 Å². The Kier molecular flexibility index (Phi) is 4.59. The topological polar surface area (TPSA) is 111 Å². The number of aromatic amines is 1. The largest absolute Gasteiger partial charge is 0.350 e. The highest BCUT2D eigenvalue weighted by atomic mass is 16.2. The molecule has 1 atom stereocenters. The Morgan fingerprint density at radius 2 is 2.21 bits per heavy atom. The first-order chi connectivity index (χ1) is 11.5. The molecule has 2 amide bonds. The number of nitrogens with one attached hydrogen (secondary N) is 2. The van der Waals surface area contributed by atoms with Crippen LogP contribution in [-0.4, -0.2) is 58.7 Å². The van der Waals surface area contributed by atoms with Crippen LogP contribution < -0.4 is 15.8 Å². The zero-order chi connectivity index (χ0) is 17.1. The van der Waals surface area contributed by atoms with Gasteiger partial charge < -0.3 is 15.2 Å². The summed E-state index contributed by atoms with van der Waals surface area (Å²) in [7, 11) is 1.55. The Morgan fingerprint density at radius 3 is 2.96 bits per heavy atom. The van der Waals surface area contributed by atoms with Gasteiger partial charge in [-0.1, -0.05) is 0 Å². The fourth-order valence-corrected chi connectivity index (χ4v) is 2.96. The number of rotatable bonds is 3. The van der Waals surface area contributed by atoms with Gasteiger partial charge in [-0.15, -0.1) is 0 Å². The van der Waals surface area contributed by atoms with Gasteiger partial charge in [-0.2, -0.15) is 5.10 Å². The molecule has 0 saturated carbocycles. The van der Waals surface area contributed by atoms with Gasteiger partial charge in [-0.25, -0.2) is 9.99 Å². The maximum atomic E-state index is 12.3. The smallest absolute Gasteiger partial charge is 0.290 e. The van der Waals surface area contributed by atoms with Crippen LogP contribution in [0.25, 0.3) is 0 Å². The minimum atomic E-state index is -0.254. The number of hydrazone groups is 1. The van der Waals surface area contributed by atoms with Crippen molar-refractivity contribution in [2.24, 2.45) is 5.10 Å². The lowest BCUT2D eigenvalue weighted by molar-refractivity contribution is -0.130. The first-order valence-electron chi connectivity index (χ1n) is 7.98. The average Bonchev–Trinajstić information content (AvgIpc) is 2.58. The highest BCUT2D eigenvalue weighted by Gasteiger charge is 2.27. The van der Waals surface area contributed by atoms with Crippen LogP contribution in [0.15, 0.2) is 22.3 Å². The van der Waals surface area contributed by atoms with E-state index in [4.69, 9.17) is 0 Å². The molecule has 1 fully saturated rings. The van der Waals surface area contributed by atoms with Gasteiger partial charge in [0.25, 0.3) is 11.5 Å². The number of carbonyl (C=O) groups excluding carboxylic acids is 2. The third kappa shape index (κ3) is 3.44. The second-order valence-corrected chi connectivity index (χ2v) is 5.96. The molecule has 2 aliphatic heterocycles. The van der Waals surface area contributed by atoms with E-state index in [2.05, 4.69) is 20.4 Å². The molecule has 3 heterocycles. The molecule has 0 radical (unpaired) electrons. The lowest BCUT2D eigenvalue weighted by Crippen LogP contribution is -2.51. The molecule has 0 aliphatic carbocycles. The molecule has 24 heavy (non-hydrogen) atoms. The van der Waals surface area contributed by atoms with Crippen molar-refractivity contribution in [3.63, 3.8) is 0 Å². The van der Waals surface area contributed by atoms with E-state index in [1.807, 2.05) is 4.90 Å². The summed E-state index contributed by atoms with van der Waals surface area (Å²) in [6.07, 6.45) is 5.37. The molecule has 1 saturated heterocycles. The molecular formula is C15H20N6O3. The minimum absolute atomic E-state index is 0.0849. The number of nitrogens with zero attached hydrogens (tertiary/aromatic N) is 4. The molecule has 9 heteroatoms. The maximum absolute atomic E-state index is 12.3. The third-order valence-corrected chi connectivity index (χ3v) is 4.21. The molecule has 0 unspecified atom stereocenters. The molecule has 1 aromatic rings. The summed E-state index contributed by atoms with van der Waals surface area (Å²) in [6, 6.07) is -0.0849. The van der Waals surface area contributed by atoms with Gasteiger partial charge >= 0.3 is 0 Å². The number of anilines is 1. The van der Waals surface area contributed by atoms with Crippen molar-refractivity contribution in [2.75, 3.05) is 25.0 Å². The molecule has 0 bridgehead atoms. The fraction of sp³-hybridized carbons (Fsp3) is 0.533. The Labute approximate surface area is 138 Å². The first kappa shape index (κ1) is 16.2. The number of piperidine rings is 1. The van der Waals surface area contributed by atoms with Crippen LogP contribution in [0.4, 0.5) is 5.82 Å². The summed E-state index contributed by atoms with van der Waals surface area (Å²) in [5.41, 5.74) is 0.131. The van der Waals surface area contributed by atoms with Crippen molar-refractivity contribution >= 4 is 23.3 Å². The van der Waals surface area contributed by atoms with E-state index in [9.17, 15) is 14.4 Å². The van der Waals surface area contributed by atoms with Crippen molar-refractivity contribution in [2.45, 2.75) is 31.7 Å². The van der Waals surface area contributed by atoms with Gasteiger partial charge in [-0.05, 0) is 12.8 Å². The van der Waals surface area contributed by atoms with Crippen LogP contribution in [0, 0.1) is 0 Å². The molecule has 3 rings (SSSR count). The standard InChI is InChI=1S/C15H20N6O3/c1-20-12(22)5-4-11(19-20)14(23)18-10-3-2-8-21(9-10)13-15(24)17-7-6-16-13/h6-7,10H,2-5,8-9H2,1H3,(H,17,24)(H,18,23)/t10-/m1/s1. The van der Waals surface area contributed by atoms with E-state index in [0.29, 0.717) is 30.9 Å². The van der Waals surface area contributed by atoms with E-state index < -0.39 is 0 Å². The van der Waals surface area contributed by atoms with E-state index in [1.54, 1.807) is 13.2 Å². The van der Waals surface area contributed by atoms with Crippen LogP contribution >= 0.6 is 0 Å². The van der Waals surface area contributed by atoms with Gasteiger partial charge in [0.2, 0.25) is 5.91 Å². The van der Waals surface area contributed by atoms with Crippen LogP contribution in [0.1, 0.15) is 25.7 Å². The fourth-order valence-electron chi connectivity index (χ4n) is 2.96. The number of carbonyl (C=O) groups is 2. The number of H-pyrrole nitrogens is 1. The first-order valence-corrected chi connectivity index (χ1v) is 7.98. The number of hydrogen-bond acceptors (Lipinski definition) is 6. The molecule has 2 aliphatic rings. The second kappa shape index (κ2) is 6.81. The molecule has 1 aromatic heterocycles. The average molecular weight is 332 g/mol. The van der Waals surface area contributed by atoms with Gasteiger partial charge in [0.1, 0.15) is 5.71 Å². The van der Waals surface area contributed by atoms with Crippen LogP contribution in [0.2, 0.25) is 0 Å². The summed E-state index contributed by atoms with van der Waals surface area (Å²) in [6.45, 7) is 1.25. The SMILES string of the molecule is CN1N=C(C(=O)N[C@@H]2CCCN(c3ncc[nH]c3=O)C2)CCC1=O. The zero-order valence-corrected chi connectivity index (χ0v) is 13.5. The highest BCUT2D eigenvalue weighted by Crippen LogP contribution is 2.15. The summed E-state index contributed by atoms with van der Waals surface area (Å²) >= 11 is 0. The summed E-state index contributed by atoms with van der Waals surface area (Å²) in [5, 5.41) is 8.19. The minimum Gasteiger partial charge on any atom is -0.350 e. The quantitative estimate of drug-likeness (QED) is 0.772. The Hall–Kier alpha value is -2.71. The predicted octanol–water partition coefficient (Wildman–Crippen LogP) is -0.537. The van der Waals surface area contributed by atoms with Gasteiger partial charge in [0, 0.05) is 51.4 Å². The summed E-state index contributed by atoms with van der Waals surface area (Å²) < 4.78 is 0. The van der Waals surface area contributed by atoms with Crippen molar-refractivity contribution in [1.82, 2.24) is 20.3 Å². The van der Waals surface area contributed by atoms with Crippen molar-refractivity contribution in [3.05, 3.63) is 22.7 Å². The van der Waals surface area contributed by atoms with E-state index in [1.165, 1.54) is 11.2 Å². The molecule has 9 nitrogen and oxygen atoms in total. The Balaban J connectivity index is 1.65. The Bertz CT molecular complexity index is 728. The predicted molar refractivity (Wildman–Crippen MR) is 87.7 cm³/mol. The van der Waals surface area contributed by atoms with Crippen LogP contribution in [0.3, 0.4) is 0 Å². The monoisotopic (exact) mass is 332 g/mol. The zero-order valence-electron chi connectivity index (χ0n) is 13.5. The van der Waals surface area contributed by atoms with E-state index in [0.717, 1.165) is 19.4 Å². The van der Waals surface area contributed by atoms with Crippen molar-refractivity contribution in [1.29, 1.82) is 0 Å². The molecular weight excluding hydrogens is 312 g/mol. The number of aromatic nitrogens is 2. The molecule has 0 aromatic carbocycles. The Morgan fingerprint density at radius 1 is 1.38 bits per heavy atom. The summed E-state index contributed by atoms with van der Waals surface area (Å²) in [5.74, 6) is 0.0256. The van der Waals surface area contributed by atoms with Crippen molar-refractivity contribution in [3.8, 4) is 0 Å². The van der Waals surface area contributed by atoms with Gasteiger partial charge in [-0.3, -0.25) is 14.4 Å². The molecule has 2 N–H and O–H groups in total. The number of hydrogen-bond donors (Lipinski definition) is 2. The molecule has 128 valence electrons. The summed E-state index contributed by atoms with van der Waals surface area (Å²) in [4.78, 5) is 44.2. The van der Waals surface area contributed by atoms with E-state index in [-0.39, 0.29) is 23.4 Å². The molecule has 0 spiro atoms. The normalized spacial score (nSPS) is 21.5. The van der Waals surface area contributed by atoms with Crippen LogP contribution in [0.5, 0.6) is 0 Å². The van der Waals surface area contributed by atoms with Gasteiger partial charge in [0.05, 0.1) is 0 Å². The highest BCUT2D eigenvalue weighted by molar-refractivity contribution is 6.39.